The van der Waals surface area contributed by atoms with E-state index in [1.165, 1.54) is 24.8 Å². The number of H-pyrrole nitrogens is 1. The fourth-order valence-electron chi connectivity index (χ4n) is 2.61. The third kappa shape index (κ3) is 3.77. The quantitative estimate of drug-likeness (QED) is 0.401. The minimum Gasteiger partial charge on any atom is -0.423 e. The summed E-state index contributed by atoms with van der Waals surface area (Å²) in [6, 6.07) is 10.3. The lowest BCUT2D eigenvalue weighted by Crippen LogP contribution is -2.06. The predicted molar refractivity (Wildman–Crippen MR) is 100 cm³/mol. The van der Waals surface area contributed by atoms with Gasteiger partial charge in [0.25, 0.3) is 11.1 Å². The molecule has 0 saturated heterocycles. The summed E-state index contributed by atoms with van der Waals surface area (Å²) in [4.78, 5) is 26.1. The number of anilines is 1. The standard InChI is InChI=1S/C18H14N4O4S/c1-10(23)20-12-4-5-13-11(7-16(24)25-15(13)8-12)9-27-18-22-21-17(26-18)14-3-2-6-19-14/h2-8,19H,9H2,1H3,(H,20,23). The monoisotopic (exact) mass is 382 g/mol. The summed E-state index contributed by atoms with van der Waals surface area (Å²) in [5.74, 6) is 0.658. The highest BCUT2D eigenvalue weighted by molar-refractivity contribution is 7.98. The lowest BCUT2D eigenvalue weighted by atomic mass is 10.1. The Morgan fingerprint density at radius 1 is 1.22 bits per heavy atom. The Morgan fingerprint density at radius 3 is 2.89 bits per heavy atom. The largest absolute Gasteiger partial charge is 0.423 e. The Morgan fingerprint density at radius 2 is 2.11 bits per heavy atom. The zero-order chi connectivity index (χ0) is 18.8. The van der Waals surface area contributed by atoms with Gasteiger partial charge in [0.05, 0.1) is 0 Å². The second kappa shape index (κ2) is 7.12. The van der Waals surface area contributed by atoms with Gasteiger partial charge in [-0.15, -0.1) is 10.2 Å². The van der Waals surface area contributed by atoms with E-state index in [-0.39, 0.29) is 5.91 Å². The zero-order valence-corrected chi connectivity index (χ0v) is 15.0. The minimum absolute atomic E-state index is 0.197. The normalized spacial score (nSPS) is 11.0. The van der Waals surface area contributed by atoms with Crippen molar-refractivity contribution >= 4 is 34.3 Å². The Labute approximate surface area is 157 Å². The number of aromatic nitrogens is 3. The van der Waals surface area contributed by atoms with Crippen LogP contribution in [-0.2, 0) is 10.5 Å². The van der Waals surface area contributed by atoms with Gasteiger partial charge in [0.15, 0.2) is 0 Å². The van der Waals surface area contributed by atoms with Gasteiger partial charge < -0.3 is 19.1 Å². The van der Waals surface area contributed by atoms with E-state index in [0.29, 0.717) is 28.1 Å². The van der Waals surface area contributed by atoms with Crippen molar-refractivity contribution in [3.63, 3.8) is 0 Å². The van der Waals surface area contributed by atoms with Crippen LogP contribution in [0.1, 0.15) is 12.5 Å². The molecule has 1 aromatic carbocycles. The van der Waals surface area contributed by atoms with Crippen molar-refractivity contribution < 1.29 is 13.6 Å². The second-order valence-corrected chi connectivity index (χ2v) is 6.65. The maximum Gasteiger partial charge on any atom is 0.336 e. The highest BCUT2D eigenvalue weighted by Gasteiger charge is 2.12. The van der Waals surface area contributed by atoms with Crippen LogP contribution in [0.25, 0.3) is 22.6 Å². The Hall–Kier alpha value is -3.33. The highest BCUT2D eigenvalue weighted by atomic mass is 32.2. The van der Waals surface area contributed by atoms with Gasteiger partial charge in [-0.25, -0.2) is 4.79 Å². The van der Waals surface area contributed by atoms with Crippen LogP contribution in [-0.4, -0.2) is 21.1 Å². The van der Waals surface area contributed by atoms with Crippen LogP contribution in [0.4, 0.5) is 5.69 Å². The van der Waals surface area contributed by atoms with Crippen molar-refractivity contribution in [2.24, 2.45) is 0 Å². The van der Waals surface area contributed by atoms with E-state index in [9.17, 15) is 9.59 Å². The van der Waals surface area contributed by atoms with Crippen LogP contribution in [0.3, 0.4) is 0 Å². The first-order valence-corrected chi connectivity index (χ1v) is 9.01. The number of carbonyl (C=O) groups is 1. The molecule has 9 heteroatoms. The maximum absolute atomic E-state index is 11.9. The molecule has 2 N–H and O–H groups in total. The number of nitrogens with zero attached hydrogens (tertiary/aromatic N) is 2. The van der Waals surface area contributed by atoms with E-state index >= 15 is 0 Å². The lowest BCUT2D eigenvalue weighted by Gasteiger charge is -2.06. The van der Waals surface area contributed by atoms with Gasteiger partial charge in [-0.2, -0.15) is 0 Å². The number of rotatable bonds is 5. The van der Waals surface area contributed by atoms with Gasteiger partial charge in [-0.1, -0.05) is 11.8 Å². The molecule has 0 bridgehead atoms. The van der Waals surface area contributed by atoms with Gasteiger partial charge in [-0.05, 0) is 29.8 Å². The molecule has 3 aromatic heterocycles. The van der Waals surface area contributed by atoms with Crippen molar-refractivity contribution in [1.82, 2.24) is 15.2 Å². The molecule has 27 heavy (non-hydrogen) atoms. The molecule has 0 saturated carbocycles. The Kier molecular flexibility index (Phi) is 4.51. The summed E-state index contributed by atoms with van der Waals surface area (Å²) in [5.41, 5.74) is 2.03. The summed E-state index contributed by atoms with van der Waals surface area (Å²) in [7, 11) is 0. The number of amides is 1. The van der Waals surface area contributed by atoms with Gasteiger partial charge >= 0.3 is 5.63 Å². The predicted octanol–water partition coefficient (Wildman–Crippen LogP) is 3.42. The van der Waals surface area contributed by atoms with Crippen molar-refractivity contribution in [1.29, 1.82) is 0 Å². The molecule has 3 heterocycles. The number of hydrogen-bond acceptors (Lipinski definition) is 7. The number of nitrogens with one attached hydrogen (secondary N) is 2. The van der Waals surface area contributed by atoms with E-state index in [2.05, 4.69) is 20.5 Å². The third-order valence-corrected chi connectivity index (χ3v) is 4.60. The van der Waals surface area contributed by atoms with E-state index in [1.54, 1.807) is 24.4 Å². The summed E-state index contributed by atoms with van der Waals surface area (Å²) in [6.45, 7) is 1.42. The molecule has 4 rings (SSSR count). The molecule has 1 amide bonds. The molecule has 0 aliphatic heterocycles. The van der Waals surface area contributed by atoms with E-state index in [0.717, 1.165) is 16.6 Å². The first-order chi connectivity index (χ1) is 13.1. The summed E-state index contributed by atoms with van der Waals surface area (Å²) < 4.78 is 10.9. The van der Waals surface area contributed by atoms with Crippen molar-refractivity contribution in [2.45, 2.75) is 17.9 Å². The minimum atomic E-state index is -0.462. The second-order valence-electron chi connectivity index (χ2n) is 5.73. The molecule has 0 aliphatic rings. The molecule has 136 valence electrons. The molecule has 0 aliphatic carbocycles. The Balaban J connectivity index is 1.58. The summed E-state index contributed by atoms with van der Waals surface area (Å²) in [6.07, 6.45) is 1.77. The Bertz CT molecular complexity index is 1160. The van der Waals surface area contributed by atoms with Gasteiger partial charge in [0.2, 0.25) is 5.91 Å². The average Bonchev–Trinajstić information content (AvgIpc) is 3.30. The molecule has 4 aromatic rings. The molecule has 0 atom stereocenters. The molecule has 0 fully saturated rings. The van der Waals surface area contributed by atoms with Gasteiger partial charge in [-0.3, -0.25) is 4.79 Å². The fraction of sp³-hybridized carbons (Fsp3) is 0.111. The van der Waals surface area contributed by atoms with Crippen LogP contribution < -0.4 is 10.9 Å². The van der Waals surface area contributed by atoms with Crippen molar-refractivity contribution in [3.05, 3.63) is 58.6 Å². The lowest BCUT2D eigenvalue weighted by molar-refractivity contribution is -0.114. The third-order valence-electron chi connectivity index (χ3n) is 3.74. The molecule has 0 unspecified atom stereocenters. The highest BCUT2D eigenvalue weighted by Crippen LogP contribution is 2.28. The maximum atomic E-state index is 11.9. The van der Waals surface area contributed by atoms with E-state index in [1.807, 2.05) is 12.1 Å². The zero-order valence-electron chi connectivity index (χ0n) is 14.2. The van der Waals surface area contributed by atoms with Crippen molar-refractivity contribution in [2.75, 3.05) is 5.32 Å². The number of hydrogen-bond donors (Lipinski definition) is 2. The molecule has 0 radical (unpaired) electrons. The molecular formula is C18H14N4O4S. The van der Waals surface area contributed by atoms with Crippen LogP contribution in [0.5, 0.6) is 0 Å². The fourth-order valence-corrected chi connectivity index (χ4v) is 3.36. The summed E-state index contributed by atoms with van der Waals surface area (Å²) in [5, 5.41) is 11.9. The van der Waals surface area contributed by atoms with Gasteiger partial charge in [0.1, 0.15) is 11.3 Å². The van der Waals surface area contributed by atoms with Crippen molar-refractivity contribution in [3.8, 4) is 11.6 Å². The van der Waals surface area contributed by atoms with Crippen LogP contribution in [0.2, 0.25) is 0 Å². The average molecular weight is 382 g/mol. The molecule has 8 nitrogen and oxygen atoms in total. The number of benzene rings is 1. The number of fused-ring (bicyclic) bond motifs is 1. The molecule has 0 spiro atoms. The molecular weight excluding hydrogens is 368 g/mol. The topological polar surface area (TPSA) is 114 Å². The summed E-state index contributed by atoms with van der Waals surface area (Å²) >= 11 is 1.33. The number of thioether (sulfide) groups is 1. The van der Waals surface area contributed by atoms with Gasteiger partial charge in [0, 0.05) is 42.1 Å². The first kappa shape index (κ1) is 17.1. The van der Waals surface area contributed by atoms with Crippen LogP contribution in [0, 0.1) is 0 Å². The number of carbonyl (C=O) groups excluding carboxylic acids is 1. The SMILES string of the molecule is CC(=O)Nc1ccc2c(CSc3nnc(-c4ccc[nH]4)o3)cc(=O)oc2c1. The van der Waals surface area contributed by atoms with Crippen LogP contribution in [0.15, 0.2) is 61.4 Å². The first-order valence-electron chi connectivity index (χ1n) is 8.03. The number of aromatic amines is 1. The smallest absolute Gasteiger partial charge is 0.336 e. The van der Waals surface area contributed by atoms with E-state index in [4.69, 9.17) is 8.83 Å². The van der Waals surface area contributed by atoms with Crippen LogP contribution >= 0.6 is 11.8 Å². The van der Waals surface area contributed by atoms with E-state index < -0.39 is 5.63 Å².